The third-order valence-corrected chi connectivity index (χ3v) is 3.27. The molecule has 0 bridgehead atoms. The topological polar surface area (TPSA) is 47.6 Å². The minimum atomic E-state index is -4.37. The first-order chi connectivity index (χ1) is 11.4. The number of hydrogen-bond donors (Lipinski definition) is 1. The lowest BCUT2D eigenvalue weighted by Gasteiger charge is -2.06. The van der Waals surface area contributed by atoms with Crippen molar-refractivity contribution in [2.45, 2.75) is 6.18 Å². The number of hydrogen-bond acceptors (Lipinski definition) is 3. The van der Waals surface area contributed by atoms with E-state index in [1.807, 2.05) is 0 Å². The maximum Gasteiger partial charge on any atom is 0.409 e. The van der Waals surface area contributed by atoms with Crippen LogP contribution < -0.4 is 14.8 Å². The predicted octanol–water partition coefficient (Wildman–Crippen LogP) is 4.24. The summed E-state index contributed by atoms with van der Waals surface area (Å²) in [4.78, 5) is 12.2. The number of allylic oxidation sites excluding steroid dienone is 1. The van der Waals surface area contributed by atoms with Gasteiger partial charge in [0.05, 0.1) is 0 Å². The van der Waals surface area contributed by atoms with Crippen molar-refractivity contribution in [3.8, 4) is 11.5 Å². The highest BCUT2D eigenvalue weighted by atomic mass is 19.4. The summed E-state index contributed by atoms with van der Waals surface area (Å²) in [6, 6.07) is 10.8. The number of alkyl halides is 3. The SMILES string of the molecule is O=C(Nc1ccc2c(c1)OCO2)c1ccc(C=CC(F)(F)F)cc1. The first-order valence-electron chi connectivity index (χ1n) is 6.98. The van der Waals surface area contributed by atoms with Gasteiger partial charge in [-0.15, -0.1) is 0 Å². The van der Waals surface area contributed by atoms with Gasteiger partial charge < -0.3 is 14.8 Å². The van der Waals surface area contributed by atoms with Gasteiger partial charge in [0.15, 0.2) is 11.5 Å². The lowest BCUT2D eigenvalue weighted by Crippen LogP contribution is -2.11. The van der Waals surface area contributed by atoms with Crippen LogP contribution in [0, 0.1) is 0 Å². The Morgan fingerprint density at radius 2 is 1.75 bits per heavy atom. The molecule has 0 saturated heterocycles. The molecule has 0 aromatic heterocycles. The van der Waals surface area contributed by atoms with E-state index in [1.165, 1.54) is 24.3 Å². The first kappa shape index (κ1) is 15.9. The fraction of sp³-hybridized carbons (Fsp3) is 0.118. The van der Waals surface area contributed by atoms with Crippen LogP contribution >= 0.6 is 0 Å². The van der Waals surface area contributed by atoms with Crippen molar-refractivity contribution < 1.29 is 27.4 Å². The second-order valence-electron chi connectivity index (χ2n) is 5.02. The number of halogens is 3. The number of carbonyl (C=O) groups excluding carboxylic acids is 1. The zero-order valence-corrected chi connectivity index (χ0v) is 12.3. The average molecular weight is 335 g/mol. The van der Waals surface area contributed by atoms with E-state index in [0.29, 0.717) is 28.3 Å². The number of anilines is 1. The first-order valence-corrected chi connectivity index (χ1v) is 6.98. The molecule has 4 nitrogen and oxygen atoms in total. The van der Waals surface area contributed by atoms with Crippen LogP contribution in [-0.4, -0.2) is 18.9 Å². The molecule has 24 heavy (non-hydrogen) atoms. The maximum atomic E-state index is 12.2. The maximum absolute atomic E-state index is 12.2. The van der Waals surface area contributed by atoms with E-state index >= 15 is 0 Å². The normalized spacial score (nSPS) is 13.3. The number of fused-ring (bicyclic) bond motifs is 1. The van der Waals surface area contributed by atoms with Gasteiger partial charge in [-0.3, -0.25) is 4.79 Å². The summed E-state index contributed by atoms with van der Waals surface area (Å²) in [5.41, 5.74) is 1.22. The minimum Gasteiger partial charge on any atom is -0.454 e. The highest BCUT2D eigenvalue weighted by Gasteiger charge is 2.21. The third kappa shape index (κ3) is 3.87. The second-order valence-corrected chi connectivity index (χ2v) is 5.02. The Hall–Kier alpha value is -2.96. The molecule has 0 saturated carbocycles. The second kappa shape index (κ2) is 6.27. The van der Waals surface area contributed by atoms with Crippen molar-refractivity contribution in [2.75, 3.05) is 12.1 Å². The number of benzene rings is 2. The van der Waals surface area contributed by atoms with Crippen LogP contribution in [-0.2, 0) is 0 Å². The largest absolute Gasteiger partial charge is 0.454 e. The van der Waals surface area contributed by atoms with Crippen LogP contribution in [0.3, 0.4) is 0 Å². The lowest BCUT2D eigenvalue weighted by molar-refractivity contribution is -0.0790. The Morgan fingerprint density at radius 3 is 2.46 bits per heavy atom. The van der Waals surface area contributed by atoms with Gasteiger partial charge in [0, 0.05) is 23.4 Å². The van der Waals surface area contributed by atoms with E-state index in [4.69, 9.17) is 9.47 Å². The molecule has 1 amide bonds. The smallest absolute Gasteiger partial charge is 0.409 e. The zero-order valence-electron chi connectivity index (χ0n) is 12.3. The van der Waals surface area contributed by atoms with Crippen molar-refractivity contribution in [1.29, 1.82) is 0 Å². The molecule has 0 radical (unpaired) electrons. The molecule has 3 rings (SSSR count). The predicted molar refractivity (Wildman–Crippen MR) is 82.0 cm³/mol. The van der Waals surface area contributed by atoms with Gasteiger partial charge in [-0.05, 0) is 29.8 Å². The van der Waals surface area contributed by atoms with Crippen molar-refractivity contribution in [2.24, 2.45) is 0 Å². The minimum absolute atomic E-state index is 0.139. The molecular formula is C17H12F3NO3. The molecule has 124 valence electrons. The summed E-state index contributed by atoms with van der Waals surface area (Å²) in [6.07, 6.45) is -3.27. The molecule has 0 spiro atoms. The standard InChI is InChI=1S/C17H12F3NO3/c18-17(19,20)8-7-11-1-3-12(4-2-11)16(22)21-13-5-6-14-15(9-13)24-10-23-14/h1-9H,10H2,(H,21,22). The quantitative estimate of drug-likeness (QED) is 0.912. The molecule has 0 unspecified atom stereocenters. The van der Waals surface area contributed by atoms with Crippen LogP contribution in [0.4, 0.5) is 18.9 Å². The summed E-state index contributed by atoms with van der Waals surface area (Å²) < 4.78 is 46.8. The van der Waals surface area contributed by atoms with Crippen LogP contribution in [0.25, 0.3) is 6.08 Å². The van der Waals surface area contributed by atoms with Crippen LogP contribution in [0.2, 0.25) is 0 Å². The number of amides is 1. The van der Waals surface area contributed by atoms with Crippen LogP contribution in [0.5, 0.6) is 11.5 Å². The average Bonchev–Trinajstić information content (AvgIpc) is 3.00. The van der Waals surface area contributed by atoms with E-state index in [-0.39, 0.29) is 18.8 Å². The number of nitrogens with one attached hydrogen (secondary N) is 1. The summed E-state index contributed by atoms with van der Waals surface area (Å²) in [5.74, 6) is 0.773. The molecule has 1 aliphatic rings. The number of rotatable bonds is 3. The van der Waals surface area contributed by atoms with Gasteiger partial charge in [0.1, 0.15) is 0 Å². The van der Waals surface area contributed by atoms with Crippen molar-refractivity contribution >= 4 is 17.7 Å². The van der Waals surface area contributed by atoms with Crippen LogP contribution in [0.1, 0.15) is 15.9 Å². The number of carbonyl (C=O) groups is 1. The van der Waals surface area contributed by atoms with Gasteiger partial charge in [-0.2, -0.15) is 13.2 Å². The Labute approximate surface area is 135 Å². The van der Waals surface area contributed by atoms with Crippen molar-refractivity contribution in [3.63, 3.8) is 0 Å². The third-order valence-electron chi connectivity index (χ3n) is 3.27. The van der Waals surface area contributed by atoms with Crippen LogP contribution in [0.15, 0.2) is 48.5 Å². The van der Waals surface area contributed by atoms with E-state index in [1.54, 1.807) is 18.2 Å². The molecule has 2 aromatic carbocycles. The van der Waals surface area contributed by atoms with E-state index in [2.05, 4.69) is 5.32 Å². The summed E-state index contributed by atoms with van der Waals surface area (Å²) in [6.45, 7) is 0.139. The summed E-state index contributed by atoms with van der Waals surface area (Å²) in [7, 11) is 0. The summed E-state index contributed by atoms with van der Waals surface area (Å²) in [5, 5.41) is 2.69. The molecular weight excluding hydrogens is 323 g/mol. The zero-order chi connectivity index (χ0) is 17.2. The fourth-order valence-electron chi connectivity index (χ4n) is 2.11. The molecule has 2 aromatic rings. The van der Waals surface area contributed by atoms with Crippen molar-refractivity contribution in [1.82, 2.24) is 0 Å². The summed E-state index contributed by atoms with van der Waals surface area (Å²) >= 11 is 0. The molecule has 1 N–H and O–H groups in total. The van der Waals surface area contributed by atoms with Crippen molar-refractivity contribution in [3.05, 3.63) is 59.7 Å². The molecule has 0 atom stereocenters. The molecule has 0 aliphatic carbocycles. The van der Waals surface area contributed by atoms with E-state index < -0.39 is 6.18 Å². The molecule has 1 heterocycles. The van der Waals surface area contributed by atoms with Gasteiger partial charge in [-0.1, -0.05) is 18.2 Å². The van der Waals surface area contributed by atoms with Gasteiger partial charge in [0.25, 0.3) is 5.91 Å². The Kier molecular flexibility index (Phi) is 4.16. The van der Waals surface area contributed by atoms with E-state index in [9.17, 15) is 18.0 Å². The fourth-order valence-corrected chi connectivity index (χ4v) is 2.11. The van der Waals surface area contributed by atoms with Gasteiger partial charge in [-0.25, -0.2) is 0 Å². The Morgan fingerprint density at radius 1 is 1.04 bits per heavy atom. The highest BCUT2D eigenvalue weighted by molar-refractivity contribution is 6.04. The van der Waals surface area contributed by atoms with Gasteiger partial charge >= 0.3 is 6.18 Å². The molecule has 1 aliphatic heterocycles. The van der Waals surface area contributed by atoms with E-state index in [0.717, 1.165) is 6.08 Å². The van der Waals surface area contributed by atoms with Gasteiger partial charge in [0.2, 0.25) is 6.79 Å². The lowest BCUT2D eigenvalue weighted by atomic mass is 10.1. The monoisotopic (exact) mass is 335 g/mol. The Bertz CT molecular complexity index is 783. The molecule has 0 fully saturated rings. The molecule has 7 heteroatoms. The highest BCUT2D eigenvalue weighted by Crippen LogP contribution is 2.34. The Balaban J connectivity index is 1.68. The number of ether oxygens (including phenoxy) is 2.